The number of hydrogen-bond donors (Lipinski definition) is 1. The summed E-state index contributed by atoms with van der Waals surface area (Å²) in [4.78, 5) is 4.20. The van der Waals surface area contributed by atoms with Gasteiger partial charge in [0.05, 0.1) is 16.9 Å². The fraction of sp³-hybridized carbons (Fsp3) is 0.562. The second kappa shape index (κ2) is 4.72. The molecule has 3 rings (SSSR count). The van der Waals surface area contributed by atoms with Crippen LogP contribution in [0.5, 0.6) is 0 Å². The topological polar surface area (TPSA) is 37.5 Å². The van der Waals surface area contributed by atoms with Gasteiger partial charge in [-0.05, 0) is 37.3 Å². The Kier molecular flexibility index (Phi) is 3.29. The van der Waals surface area contributed by atoms with Crippen molar-refractivity contribution >= 4 is 5.65 Å². The smallest absolute Gasteiger partial charge is 0.390 e. The monoisotopic (exact) mass is 312 g/mol. The molecule has 0 unspecified atom stereocenters. The van der Waals surface area contributed by atoms with Gasteiger partial charge >= 0.3 is 6.18 Å². The van der Waals surface area contributed by atoms with E-state index in [1.807, 2.05) is 13.8 Å². The third kappa shape index (κ3) is 2.60. The van der Waals surface area contributed by atoms with Crippen LogP contribution < -0.4 is 0 Å². The van der Waals surface area contributed by atoms with Crippen LogP contribution >= 0.6 is 0 Å². The molecule has 0 atom stereocenters. The first kappa shape index (κ1) is 15.3. The van der Waals surface area contributed by atoms with Gasteiger partial charge in [-0.3, -0.25) is 0 Å². The predicted octanol–water partition coefficient (Wildman–Crippen LogP) is 4.10. The predicted molar refractivity (Wildman–Crippen MR) is 76.9 cm³/mol. The van der Waals surface area contributed by atoms with Gasteiger partial charge in [0.1, 0.15) is 5.65 Å². The minimum atomic E-state index is -4.43. The number of pyridine rings is 1. The summed E-state index contributed by atoms with van der Waals surface area (Å²) in [6, 6.07) is 1.19. The van der Waals surface area contributed by atoms with Gasteiger partial charge in [-0.2, -0.15) is 13.2 Å². The molecule has 1 saturated carbocycles. The van der Waals surface area contributed by atoms with E-state index < -0.39 is 17.3 Å². The van der Waals surface area contributed by atoms with Gasteiger partial charge in [-0.15, -0.1) is 0 Å². The Hall–Kier alpha value is -1.56. The van der Waals surface area contributed by atoms with Crippen molar-refractivity contribution in [3.8, 4) is 0 Å². The zero-order chi connectivity index (χ0) is 16.3. The molecule has 0 spiro atoms. The summed E-state index contributed by atoms with van der Waals surface area (Å²) in [6.07, 6.45) is 0.0172. The molecule has 0 radical (unpaired) electrons. The third-order valence-corrected chi connectivity index (χ3v) is 4.35. The molecule has 0 saturated heterocycles. The van der Waals surface area contributed by atoms with Crippen LogP contribution in [0.25, 0.3) is 5.65 Å². The molecule has 3 nitrogen and oxygen atoms in total. The van der Waals surface area contributed by atoms with E-state index in [4.69, 9.17) is 0 Å². The van der Waals surface area contributed by atoms with Crippen molar-refractivity contribution in [2.24, 2.45) is 0 Å². The SMILES string of the molecule is CC(C)c1cc(C(F)(F)F)c2nc(C3CC(C)(O)C3)cn2c1. The van der Waals surface area contributed by atoms with Gasteiger partial charge in [0.25, 0.3) is 0 Å². The van der Waals surface area contributed by atoms with E-state index >= 15 is 0 Å². The standard InChI is InChI=1S/C16H19F3N2O/c1-9(2)10-4-12(16(17,18)19)14-20-13(8-21(14)7-10)11-5-15(3,22)6-11/h4,7-9,11,22H,5-6H2,1-3H3. The third-order valence-electron chi connectivity index (χ3n) is 4.35. The van der Waals surface area contributed by atoms with E-state index in [1.54, 1.807) is 19.3 Å². The normalized spacial score (nSPS) is 25.7. The first-order valence-corrected chi connectivity index (χ1v) is 7.39. The van der Waals surface area contributed by atoms with E-state index in [1.165, 1.54) is 10.5 Å². The van der Waals surface area contributed by atoms with Gasteiger partial charge < -0.3 is 9.51 Å². The molecule has 0 aliphatic heterocycles. The lowest BCUT2D eigenvalue weighted by Gasteiger charge is -2.39. The Morgan fingerprint density at radius 2 is 1.95 bits per heavy atom. The van der Waals surface area contributed by atoms with Crippen molar-refractivity contribution < 1.29 is 18.3 Å². The molecule has 1 fully saturated rings. The Labute approximate surface area is 126 Å². The first-order chi connectivity index (χ1) is 10.1. The molecule has 1 aliphatic carbocycles. The van der Waals surface area contributed by atoms with Crippen molar-refractivity contribution in [3.63, 3.8) is 0 Å². The molecule has 0 bridgehead atoms. The highest BCUT2D eigenvalue weighted by atomic mass is 19.4. The van der Waals surface area contributed by atoms with Gasteiger partial charge in [0.2, 0.25) is 0 Å². The second-order valence-electron chi connectivity index (χ2n) is 6.84. The van der Waals surface area contributed by atoms with Crippen molar-refractivity contribution in [2.45, 2.75) is 57.2 Å². The van der Waals surface area contributed by atoms with Crippen LogP contribution in [-0.2, 0) is 6.18 Å². The number of imidazole rings is 1. The van der Waals surface area contributed by atoms with Gasteiger partial charge in [-0.25, -0.2) is 4.98 Å². The fourth-order valence-corrected chi connectivity index (χ4v) is 3.07. The molecule has 6 heteroatoms. The summed E-state index contributed by atoms with van der Waals surface area (Å²) in [5.74, 6) is 0.0271. The molecule has 0 aromatic carbocycles. The highest BCUT2D eigenvalue weighted by Crippen LogP contribution is 2.44. The van der Waals surface area contributed by atoms with Crippen LogP contribution in [0.2, 0.25) is 0 Å². The maximum absolute atomic E-state index is 13.3. The number of alkyl halides is 3. The van der Waals surface area contributed by atoms with Crippen LogP contribution in [0.4, 0.5) is 13.2 Å². The molecule has 1 aliphatic rings. The summed E-state index contributed by atoms with van der Waals surface area (Å²) in [7, 11) is 0. The van der Waals surface area contributed by atoms with Crippen LogP contribution in [0.3, 0.4) is 0 Å². The molecule has 2 heterocycles. The number of aromatic nitrogens is 2. The van der Waals surface area contributed by atoms with E-state index in [0.717, 1.165) is 0 Å². The molecule has 2 aromatic heterocycles. The molecule has 1 N–H and O–H groups in total. The lowest BCUT2D eigenvalue weighted by molar-refractivity contribution is -0.136. The summed E-state index contributed by atoms with van der Waals surface area (Å²) in [5.41, 5.74) is -0.229. The van der Waals surface area contributed by atoms with Crippen molar-refractivity contribution in [1.29, 1.82) is 0 Å². The molecule has 120 valence electrons. The number of rotatable bonds is 2. The summed E-state index contributed by atoms with van der Waals surface area (Å²) in [5, 5.41) is 9.81. The quantitative estimate of drug-likeness (QED) is 0.906. The average molecular weight is 312 g/mol. The Balaban J connectivity index is 2.10. The molecular formula is C16H19F3N2O. The molecule has 22 heavy (non-hydrogen) atoms. The maximum atomic E-state index is 13.3. The number of hydrogen-bond acceptors (Lipinski definition) is 2. The van der Waals surface area contributed by atoms with Gasteiger partial charge in [-0.1, -0.05) is 13.8 Å². The number of fused-ring (bicyclic) bond motifs is 1. The fourth-order valence-electron chi connectivity index (χ4n) is 3.07. The minimum absolute atomic E-state index is 0.000728. The molecular weight excluding hydrogens is 293 g/mol. The highest BCUT2D eigenvalue weighted by Gasteiger charge is 2.41. The first-order valence-electron chi connectivity index (χ1n) is 7.39. The van der Waals surface area contributed by atoms with E-state index in [2.05, 4.69) is 4.98 Å². The average Bonchev–Trinajstić information content (AvgIpc) is 2.76. The minimum Gasteiger partial charge on any atom is -0.390 e. The summed E-state index contributed by atoms with van der Waals surface area (Å²) >= 11 is 0. The van der Waals surface area contributed by atoms with E-state index in [9.17, 15) is 18.3 Å². The maximum Gasteiger partial charge on any atom is 0.419 e. The lowest BCUT2D eigenvalue weighted by Crippen LogP contribution is -2.39. The lowest BCUT2D eigenvalue weighted by atomic mass is 9.71. The van der Waals surface area contributed by atoms with Crippen LogP contribution in [0.1, 0.15) is 62.3 Å². The zero-order valence-electron chi connectivity index (χ0n) is 12.8. The largest absolute Gasteiger partial charge is 0.419 e. The molecule has 0 amide bonds. The van der Waals surface area contributed by atoms with Crippen LogP contribution in [-0.4, -0.2) is 20.1 Å². The van der Waals surface area contributed by atoms with Crippen molar-refractivity contribution in [2.75, 3.05) is 0 Å². The number of aliphatic hydroxyl groups is 1. The number of halogens is 3. The van der Waals surface area contributed by atoms with Gasteiger partial charge in [0, 0.05) is 18.3 Å². The van der Waals surface area contributed by atoms with E-state index in [0.29, 0.717) is 24.1 Å². The highest BCUT2D eigenvalue weighted by molar-refractivity contribution is 5.53. The summed E-state index contributed by atoms with van der Waals surface area (Å²) < 4.78 is 41.4. The molecule has 2 aromatic rings. The summed E-state index contributed by atoms with van der Waals surface area (Å²) in [6.45, 7) is 5.46. The Morgan fingerprint density at radius 1 is 1.32 bits per heavy atom. The second-order valence-corrected chi connectivity index (χ2v) is 6.84. The van der Waals surface area contributed by atoms with Crippen molar-refractivity contribution in [3.05, 3.63) is 35.3 Å². The zero-order valence-corrected chi connectivity index (χ0v) is 12.8. The van der Waals surface area contributed by atoms with Crippen LogP contribution in [0, 0.1) is 0 Å². The number of nitrogens with zero attached hydrogens (tertiary/aromatic N) is 2. The Morgan fingerprint density at radius 3 is 2.45 bits per heavy atom. The van der Waals surface area contributed by atoms with E-state index in [-0.39, 0.29) is 17.5 Å². The van der Waals surface area contributed by atoms with Gasteiger partial charge in [0.15, 0.2) is 0 Å². The Bertz CT molecular complexity index is 708. The van der Waals surface area contributed by atoms with Crippen LogP contribution in [0.15, 0.2) is 18.5 Å². The van der Waals surface area contributed by atoms with Crippen molar-refractivity contribution in [1.82, 2.24) is 9.38 Å².